The standard InChI is InChI=1S/C20H20N2O3S/c23-19(22-9-3-7-17(22)18-8-4-10-26-18)13-25-20(24)11-14-12-21-16-6-2-1-5-15(14)16/h1-2,4-6,8,10,12,17,21H,3,7,9,11,13H2/t17-/m0/s1. The summed E-state index contributed by atoms with van der Waals surface area (Å²) in [4.78, 5) is 30.9. The lowest BCUT2D eigenvalue weighted by Gasteiger charge is -2.23. The van der Waals surface area contributed by atoms with E-state index in [4.69, 9.17) is 4.74 Å². The van der Waals surface area contributed by atoms with Crippen molar-refractivity contribution in [3.05, 3.63) is 58.4 Å². The number of hydrogen-bond acceptors (Lipinski definition) is 4. The van der Waals surface area contributed by atoms with Crippen LogP contribution in [0.4, 0.5) is 0 Å². The lowest BCUT2D eigenvalue weighted by molar-refractivity contribution is -0.151. The van der Waals surface area contributed by atoms with Crippen molar-refractivity contribution in [3.63, 3.8) is 0 Å². The number of hydrogen-bond donors (Lipinski definition) is 1. The second-order valence-electron chi connectivity index (χ2n) is 6.46. The third-order valence-electron chi connectivity index (χ3n) is 4.81. The van der Waals surface area contributed by atoms with E-state index >= 15 is 0 Å². The van der Waals surface area contributed by atoms with Crippen LogP contribution in [0.25, 0.3) is 10.9 Å². The average molecular weight is 368 g/mol. The smallest absolute Gasteiger partial charge is 0.310 e. The number of carbonyl (C=O) groups excluding carboxylic acids is 2. The Kier molecular flexibility index (Phi) is 4.75. The van der Waals surface area contributed by atoms with Crippen LogP contribution < -0.4 is 0 Å². The Morgan fingerprint density at radius 3 is 2.96 bits per heavy atom. The molecule has 1 N–H and O–H groups in total. The van der Waals surface area contributed by atoms with Crippen LogP contribution in [-0.4, -0.2) is 34.9 Å². The van der Waals surface area contributed by atoms with Gasteiger partial charge in [-0.15, -0.1) is 11.3 Å². The van der Waals surface area contributed by atoms with Crippen molar-refractivity contribution in [2.24, 2.45) is 0 Å². The number of aromatic nitrogens is 1. The SMILES string of the molecule is O=C(Cc1c[nH]c2ccccc12)OCC(=O)N1CCC[C@H]1c1cccs1. The molecule has 0 unspecified atom stereocenters. The van der Waals surface area contributed by atoms with E-state index in [9.17, 15) is 9.59 Å². The number of nitrogens with zero attached hydrogens (tertiary/aromatic N) is 1. The van der Waals surface area contributed by atoms with Crippen molar-refractivity contribution in [3.8, 4) is 0 Å². The van der Waals surface area contributed by atoms with Crippen LogP contribution in [0, 0.1) is 0 Å². The molecule has 134 valence electrons. The van der Waals surface area contributed by atoms with Gasteiger partial charge in [0.2, 0.25) is 0 Å². The summed E-state index contributed by atoms with van der Waals surface area (Å²) in [5, 5.41) is 3.03. The molecule has 1 saturated heterocycles. The highest BCUT2D eigenvalue weighted by molar-refractivity contribution is 7.10. The highest BCUT2D eigenvalue weighted by Crippen LogP contribution is 2.34. The van der Waals surface area contributed by atoms with Gasteiger partial charge < -0.3 is 14.6 Å². The largest absolute Gasteiger partial charge is 0.455 e. The number of thiophene rings is 1. The Hall–Kier alpha value is -2.60. The van der Waals surface area contributed by atoms with Gasteiger partial charge in [-0.1, -0.05) is 24.3 Å². The lowest BCUT2D eigenvalue weighted by atomic mass is 10.1. The van der Waals surface area contributed by atoms with Crippen LogP contribution in [0.15, 0.2) is 48.0 Å². The van der Waals surface area contributed by atoms with Crippen molar-refractivity contribution in [1.82, 2.24) is 9.88 Å². The molecular weight excluding hydrogens is 348 g/mol. The molecule has 0 saturated carbocycles. The van der Waals surface area contributed by atoms with Gasteiger partial charge in [-0.05, 0) is 35.9 Å². The molecule has 4 rings (SSSR count). The number of carbonyl (C=O) groups is 2. The van der Waals surface area contributed by atoms with Crippen molar-refractivity contribution < 1.29 is 14.3 Å². The van der Waals surface area contributed by atoms with E-state index in [2.05, 4.69) is 11.1 Å². The van der Waals surface area contributed by atoms with Gasteiger partial charge in [0.1, 0.15) is 0 Å². The predicted octanol–water partition coefficient (Wildman–Crippen LogP) is 3.68. The van der Waals surface area contributed by atoms with Crippen molar-refractivity contribution in [2.45, 2.75) is 25.3 Å². The molecule has 26 heavy (non-hydrogen) atoms. The molecule has 0 bridgehead atoms. The molecule has 1 aliphatic rings. The van der Waals surface area contributed by atoms with Gasteiger partial charge in [-0.2, -0.15) is 0 Å². The zero-order valence-electron chi connectivity index (χ0n) is 14.3. The molecule has 0 radical (unpaired) electrons. The second-order valence-corrected chi connectivity index (χ2v) is 7.44. The van der Waals surface area contributed by atoms with Gasteiger partial charge in [0.15, 0.2) is 6.61 Å². The topological polar surface area (TPSA) is 62.4 Å². The summed E-state index contributed by atoms with van der Waals surface area (Å²) >= 11 is 1.66. The summed E-state index contributed by atoms with van der Waals surface area (Å²) in [5.74, 6) is -0.497. The van der Waals surface area contributed by atoms with Crippen molar-refractivity contribution in [1.29, 1.82) is 0 Å². The number of H-pyrrole nitrogens is 1. The predicted molar refractivity (Wildman–Crippen MR) is 101 cm³/mol. The van der Waals surface area contributed by atoms with Crippen molar-refractivity contribution >= 4 is 34.1 Å². The lowest BCUT2D eigenvalue weighted by Crippen LogP contribution is -2.34. The average Bonchev–Trinajstić information content (AvgIpc) is 3.39. The molecule has 3 aromatic rings. The number of fused-ring (bicyclic) bond motifs is 1. The maximum Gasteiger partial charge on any atom is 0.310 e. The van der Waals surface area contributed by atoms with Gasteiger partial charge in [-0.25, -0.2) is 0 Å². The molecule has 3 heterocycles. The fourth-order valence-corrected chi connectivity index (χ4v) is 4.43. The number of likely N-dealkylation sites (tertiary alicyclic amines) is 1. The molecule has 0 aliphatic carbocycles. The minimum absolute atomic E-state index is 0.117. The Morgan fingerprint density at radius 1 is 1.23 bits per heavy atom. The number of esters is 1. The molecule has 0 spiro atoms. The third-order valence-corrected chi connectivity index (χ3v) is 5.78. The van der Waals surface area contributed by atoms with E-state index in [1.54, 1.807) is 11.3 Å². The summed E-state index contributed by atoms with van der Waals surface area (Å²) in [6.45, 7) is 0.532. The zero-order chi connectivity index (χ0) is 17.9. The number of ether oxygens (including phenoxy) is 1. The maximum absolute atomic E-state index is 12.5. The summed E-state index contributed by atoms with van der Waals surface area (Å²) in [6, 6.07) is 12.0. The van der Waals surface area contributed by atoms with E-state index < -0.39 is 0 Å². The molecule has 5 nitrogen and oxygen atoms in total. The molecule has 1 aromatic carbocycles. The first-order valence-electron chi connectivity index (χ1n) is 8.76. The number of rotatable bonds is 5. The van der Waals surface area contributed by atoms with Crippen LogP contribution >= 0.6 is 11.3 Å². The molecule has 1 amide bonds. The number of benzene rings is 1. The van der Waals surface area contributed by atoms with E-state index in [1.165, 1.54) is 4.88 Å². The van der Waals surface area contributed by atoms with Crippen LogP contribution in [0.3, 0.4) is 0 Å². The molecule has 1 atom stereocenters. The monoisotopic (exact) mass is 368 g/mol. The maximum atomic E-state index is 12.5. The summed E-state index contributed by atoms with van der Waals surface area (Å²) in [5.41, 5.74) is 1.87. The minimum Gasteiger partial charge on any atom is -0.455 e. The van der Waals surface area contributed by atoms with E-state index in [0.29, 0.717) is 0 Å². The van der Waals surface area contributed by atoms with E-state index in [-0.39, 0.29) is 30.9 Å². The van der Waals surface area contributed by atoms with E-state index in [0.717, 1.165) is 35.9 Å². The molecule has 1 aliphatic heterocycles. The highest BCUT2D eigenvalue weighted by Gasteiger charge is 2.30. The fraction of sp³-hybridized carbons (Fsp3) is 0.300. The van der Waals surface area contributed by atoms with Crippen molar-refractivity contribution in [2.75, 3.05) is 13.2 Å². The number of para-hydroxylation sites is 1. The van der Waals surface area contributed by atoms with E-state index in [1.807, 2.05) is 46.8 Å². The first-order valence-corrected chi connectivity index (χ1v) is 9.64. The third kappa shape index (κ3) is 3.37. The molecule has 2 aromatic heterocycles. The van der Waals surface area contributed by atoms with Crippen LogP contribution in [0.5, 0.6) is 0 Å². The summed E-state index contributed by atoms with van der Waals surface area (Å²) in [6.07, 6.45) is 3.93. The van der Waals surface area contributed by atoms with Crippen LogP contribution in [-0.2, 0) is 20.7 Å². The van der Waals surface area contributed by atoms with Crippen LogP contribution in [0.2, 0.25) is 0 Å². The first kappa shape index (κ1) is 16.8. The summed E-state index contributed by atoms with van der Waals surface area (Å²) < 4.78 is 5.26. The molecule has 6 heteroatoms. The normalized spacial score (nSPS) is 16.9. The fourth-order valence-electron chi connectivity index (χ4n) is 3.55. The summed E-state index contributed by atoms with van der Waals surface area (Å²) in [7, 11) is 0. The number of aromatic amines is 1. The van der Waals surface area contributed by atoms with Gasteiger partial charge in [0.25, 0.3) is 5.91 Å². The minimum atomic E-state index is -0.380. The highest BCUT2D eigenvalue weighted by atomic mass is 32.1. The number of nitrogens with one attached hydrogen (secondary N) is 1. The Labute approximate surface area is 155 Å². The Bertz CT molecular complexity index is 916. The molecular formula is C20H20N2O3S. The van der Waals surface area contributed by atoms with Gasteiger partial charge in [0.05, 0.1) is 12.5 Å². The van der Waals surface area contributed by atoms with Gasteiger partial charge >= 0.3 is 5.97 Å². The Morgan fingerprint density at radius 2 is 2.12 bits per heavy atom. The van der Waals surface area contributed by atoms with Crippen LogP contribution in [0.1, 0.15) is 29.3 Å². The van der Waals surface area contributed by atoms with Gasteiger partial charge in [0, 0.05) is 28.5 Å². The quantitative estimate of drug-likeness (QED) is 0.699. The Balaban J connectivity index is 1.34. The number of amides is 1. The molecule has 1 fully saturated rings. The zero-order valence-corrected chi connectivity index (χ0v) is 15.1. The first-order chi connectivity index (χ1) is 12.7. The van der Waals surface area contributed by atoms with Gasteiger partial charge in [-0.3, -0.25) is 9.59 Å². The second kappa shape index (κ2) is 7.33.